The van der Waals surface area contributed by atoms with Crippen LogP contribution >= 0.6 is 0 Å². The summed E-state index contributed by atoms with van der Waals surface area (Å²) < 4.78 is 10.3. The molecule has 0 atom stereocenters. The number of hydrogen-bond acceptors (Lipinski definition) is 6. The minimum absolute atomic E-state index is 0.303. The van der Waals surface area contributed by atoms with Crippen LogP contribution in [0.15, 0.2) is 29.0 Å². The van der Waals surface area contributed by atoms with E-state index in [-0.39, 0.29) is 0 Å². The standard InChI is InChI=1S/C15H19N3O3/c1-4-20-15(19)13-7-12(16)8-17-14(13)18(3)9-11-5-6-21-10(11)2/h5-8H,4,9,16H2,1-3H3. The summed E-state index contributed by atoms with van der Waals surface area (Å²) in [4.78, 5) is 18.2. The van der Waals surface area contributed by atoms with Gasteiger partial charge in [-0.2, -0.15) is 0 Å². The fourth-order valence-electron chi connectivity index (χ4n) is 2.04. The summed E-state index contributed by atoms with van der Waals surface area (Å²) in [5.41, 5.74) is 7.54. The van der Waals surface area contributed by atoms with E-state index in [2.05, 4.69) is 4.98 Å². The van der Waals surface area contributed by atoms with Crippen LogP contribution in [-0.2, 0) is 11.3 Å². The number of ether oxygens (including phenoxy) is 1. The number of nitrogens with zero attached hydrogens (tertiary/aromatic N) is 2. The van der Waals surface area contributed by atoms with Crippen molar-refractivity contribution in [3.8, 4) is 0 Å². The smallest absolute Gasteiger partial charge is 0.341 e. The Bertz CT molecular complexity index is 637. The maximum absolute atomic E-state index is 12.0. The van der Waals surface area contributed by atoms with Gasteiger partial charge in [-0.3, -0.25) is 0 Å². The lowest BCUT2D eigenvalue weighted by atomic mass is 10.2. The zero-order valence-electron chi connectivity index (χ0n) is 12.4. The predicted octanol–water partition coefficient (Wildman–Crippen LogP) is 2.38. The molecule has 2 aromatic rings. The number of esters is 1. The quantitative estimate of drug-likeness (QED) is 0.851. The molecule has 0 bridgehead atoms. The topological polar surface area (TPSA) is 81.6 Å². The third kappa shape index (κ3) is 3.34. The Morgan fingerprint density at radius 1 is 1.52 bits per heavy atom. The van der Waals surface area contributed by atoms with Crippen molar-refractivity contribution in [2.24, 2.45) is 0 Å². The van der Waals surface area contributed by atoms with Gasteiger partial charge in [-0.15, -0.1) is 0 Å². The van der Waals surface area contributed by atoms with E-state index < -0.39 is 5.97 Å². The molecule has 0 aromatic carbocycles. The van der Waals surface area contributed by atoms with Crippen LogP contribution in [-0.4, -0.2) is 24.6 Å². The molecule has 0 saturated carbocycles. The fourth-order valence-corrected chi connectivity index (χ4v) is 2.04. The summed E-state index contributed by atoms with van der Waals surface area (Å²) in [7, 11) is 1.85. The maximum atomic E-state index is 12.0. The molecular weight excluding hydrogens is 270 g/mol. The van der Waals surface area contributed by atoms with Gasteiger partial charge in [-0.05, 0) is 26.0 Å². The molecule has 0 amide bonds. The Hall–Kier alpha value is -2.50. The van der Waals surface area contributed by atoms with Gasteiger partial charge in [0.1, 0.15) is 17.1 Å². The van der Waals surface area contributed by atoms with Crippen molar-refractivity contribution < 1.29 is 13.9 Å². The Labute approximate surface area is 123 Å². The molecular formula is C15H19N3O3. The van der Waals surface area contributed by atoms with E-state index in [1.807, 2.05) is 24.9 Å². The molecule has 2 rings (SSSR count). The van der Waals surface area contributed by atoms with Crippen molar-refractivity contribution in [2.75, 3.05) is 24.3 Å². The van der Waals surface area contributed by atoms with Crippen LogP contribution in [0, 0.1) is 6.92 Å². The molecule has 21 heavy (non-hydrogen) atoms. The van der Waals surface area contributed by atoms with Crippen LogP contribution in [0.2, 0.25) is 0 Å². The first-order chi connectivity index (χ1) is 10.0. The highest BCUT2D eigenvalue weighted by molar-refractivity contribution is 5.95. The van der Waals surface area contributed by atoms with E-state index in [9.17, 15) is 4.79 Å². The van der Waals surface area contributed by atoms with Crippen molar-refractivity contribution >= 4 is 17.5 Å². The molecule has 0 aliphatic heterocycles. The highest BCUT2D eigenvalue weighted by Gasteiger charge is 2.18. The molecule has 0 aliphatic rings. The number of carbonyl (C=O) groups is 1. The molecule has 0 radical (unpaired) electrons. The van der Waals surface area contributed by atoms with Gasteiger partial charge < -0.3 is 19.8 Å². The van der Waals surface area contributed by atoms with Crippen LogP contribution in [0.25, 0.3) is 0 Å². The third-order valence-electron chi connectivity index (χ3n) is 3.12. The number of carbonyl (C=O) groups excluding carboxylic acids is 1. The Kier molecular flexibility index (Phi) is 4.47. The second-order valence-corrected chi connectivity index (χ2v) is 4.72. The minimum atomic E-state index is -0.428. The lowest BCUT2D eigenvalue weighted by molar-refractivity contribution is 0.0526. The molecule has 0 saturated heterocycles. The molecule has 0 unspecified atom stereocenters. The van der Waals surface area contributed by atoms with Crippen molar-refractivity contribution in [3.63, 3.8) is 0 Å². The van der Waals surface area contributed by atoms with E-state index in [1.165, 1.54) is 6.20 Å². The molecule has 2 aromatic heterocycles. The average Bonchev–Trinajstić information content (AvgIpc) is 2.84. The summed E-state index contributed by atoms with van der Waals surface area (Å²) in [5.74, 6) is 0.946. The number of anilines is 2. The minimum Gasteiger partial charge on any atom is -0.469 e. The van der Waals surface area contributed by atoms with Gasteiger partial charge in [0.2, 0.25) is 0 Å². The van der Waals surface area contributed by atoms with Gasteiger partial charge in [0.05, 0.1) is 24.8 Å². The number of furan rings is 1. The first kappa shape index (κ1) is 14.9. The highest BCUT2D eigenvalue weighted by Crippen LogP contribution is 2.22. The Morgan fingerprint density at radius 3 is 2.90 bits per heavy atom. The van der Waals surface area contributed by atoms with Gasteiger partial charge in [0.25, 0.3) is 0 Å². The Morgan fingerprint density at radius 2 is 2.29 bits per heavy atom. The second kappa shape index (κ2) is 6.30. The van der Waals surface area contributed by atoms with Gasteiger partial charge in [-0.1, -0.05) is 0 Å². The largest absolute Gasteiger partial charge is 0.469 e. The number of rotatable bonds is 5. The number of nitrogen functional groups attached to an aromatic ring is 1. The number of aromatic nitrogens is 1. The summed E-state index contributed by atoms with van der Waals surface area (Å²) in [6, 6.07) is 3.48. The van der Waals surface area contributed by atoms with Gasteiger partial charge in [0, 0.05) is 19.2 Å². The molecule has 112 valence electrons. The highest BCUT2D eigenvalue weighted by atomic mass is 16.5. The molecule has 2 heterocycles. The van der Waals surface area contributed by atoms with Gasteiger partial charge in [0.15, 0.2) is 0 Å². The number of nitrogens with two attached hydrogens (primary N) is 1. The molecule has 2 N–H and O–H groups in total. The predicted molar refractivity (Wildman–Crippen MR) is 80.2 cm³/mol. The molecule has 6 heteroatoms. The van der Waals surface area contributed by atoms with Crippen molar-refractivity contribution in [1.82, 2.24) is 4.98 Å². The van der Waals surface area contributed by atoms with Crippen LogP contribution in [0.3, 0.4) is 0 Å². The second-order valence-electron chi connectivity index (χ2n) is 4.72. The first-order valence-electron chi connectivity index (χ1n) is 6.69. The average molecular weight is 289 g/mol. The van der Waals surface area contributed by atoms with Crippen LogP contribution in [0.1, 0.15) is 28.6 Å². The fraction of sp³-hybridized carbons (Fsp3) is 0.333. The molecule has 0 aliphatic carbocycles. The van der Waals surface area contributed by atoms with E-state index in [1.54, 1.807) is 19.3 Å². The first-order valence-corrected chi connectivity index (χ1v) is 6.69. The maximum Gasteiger partial charge on any atom is 0.341 e. The van der Waals surface area contributed by atoms with E-state index >= 15 is 0 Å². The third-order valence-corrected chi connectivity index (χ3v) is 3.12. The summed E-state index contributed by atoms with van der Waals surface area (Å²) in [6.45, 7) is 4.53. The zero-order chi connectivity index (χ0) is 15.4. The van der Waals surface area contributed by atoms with Crippen LogP contribution in [0.5, 0.6) is 0 Å². The molecule has 0 spiro atoms. The van der Waals surface area contributed by atoms with Crippen LogP contribution in [0.4, 0.5) is 11.5 Å². The number of pyridine rings is 1. The zero-order valence-corrected chi connectivity index (χ0v) is 12.4. The normalized spacial score (nSPS) is 10.4. The van der Waals surface area contributed by atoms with Crippen molar-refractivity contribution in [1.29, 1.82) is 0 Å². The van der Waals surface area contributed by atoms with Crippen molar-refractivity contribution in [2.45, 2.75) is 20.4 Å². The van der Waals surface area contributed by atoms with E-state index in [4.69, 9.17) is 14.9 Å². The molecule has 0 fully saturated rings. The van der Waals surface area contributed by atoms with E-state index in [0.717, 1.165) is 11.3 Å². The van der Waals surface area contributed by atoms with Crippen LogP contribution < -0.4 is 10.6 Å². The lowest BCUT2D eigenvalue weighted by Crippen LogP contribution is -2.22. The summed E-state index contributed by atoms with van der Waals surface area (Å²) in [5, 5.41) is 0. The number of hydrogen-bond donors (Lipinski definition) is 1. The monoisotopic (exact) mass is 289 g/mol. The lowest BCUT2D eigenvalue weighted by Gasteiger charge is -2.20. The van der Waals surface area contributed by atoms with Gasteiger partial charge in [-0.25, -0.2) is 9.78 Å². The summed E-state index contributed by atoms with van der Waals surface area (Å²) >= 11 is 0. The van der Waals surface area contributed by atoms with E-state index in [0.29, 0.717) is 30.2 Å². The van der Waals surface area contributed by atoms with Crippen molar-refractivity contribution in [3.05, 3.63) is 41.5 Å². The Balaban J connectivity index is 2.29. The summed E-state index contributed by atoms with van der Waals surface area (Å²) in [6.07, 6.45) is 3.16. The number of aryl methyl sites for hydroxylation is 1. The van der Waals surface area contributed by atoms with Gasteiger partial charge >= 0.3 is 5.97 Å². The molecule has 6 nitrogen and oxygen atoms in total. The SMILES string of the molecule is CCOC(=O)c1cc(N)cnc1N(C)Cc1ccoc1C.